The summed E-state index contributed by atoms with van der Waals surface area (Å²) in [5, 5.41) is 3.95. The van der Waals surface area contributed by atoms with Gasteiger partial charge in [-0.05, 0) is 56.6 Å². The van der Waals surface area contributed by atoms with Crippen molar-refractivity contribution in [3.8, 4) is 0 Å². The van der Waals surface area contributed by atoms with E-state index < -0.39 is 0 Å². The number of rotatable bonds is 11. The van der Waals surface area contributed by atoms with Crippen molar-refractivity contribution in [2.24, 2.45) is 11.3 Å². The van der Waals surface area contributed by atoms with Crippen molar-refractivity contribution in [2.45, 2.75) is 40.5 Å². The molecule has 0 aliphatic carbocycles. The topological polar surface area (TPSA) is 80.5 Å². The van der Waals surface area contributed by atoms with Crippen molar-refractivity contribution in [1.82, 2.24) is 15.2 Å². The molecule has 1 amide bonds. The molecule has 1 atom stereocenters. The summed E-state index contributed by atoms with van der Waals surface area (Å²) in [6, 6.07) is 5.60. The van der Waals surface area contributed by atoms with Crippen LogP contribution in [0.1, 0.15) is 49.5 Å². The summed E-state index contributed by atoms with van der Waals surface area (Å²) in [6.45, 7) is 11.9. The smallest absolute Gasteiger partial charge is 0.253 e. The number of hydrogen-bond donors (Lipinski definition) is 2. The Bertz CT molecular complexity index is 850. The van der Waals surface area contributed by atoms with E-state index in [2.05, 4.69) is 43.0 Å². The van der Waals surface area contributed by atoms with Crippen molar-refractivity contribution >= 4 is 22.5 Å². The molecule has 2 rings (SSSR count). The summed E-state index contributed by atoms with van der Waals surface area (Å²) in [4.78, 5) is 19.7. The number of aromatic nitrogens is 1. The molecule has 1 unspecified atom stereocenters. The van der Waals surface area contributed by atoms with Crippen LogP contribution in [0.2, 0.25) is 0 Å². The number of carbonyl (C=O) groups excluding carboxylic acids is 1. The molecule has 0 bridgehead atoms. The zero-order chi connectivity index (χ0) is 22.3. The van der Waals surface area contributed by atoms with Gasteiger partial charge in [-0.15, -0.1) is 0 Å². The molecule has 0 aliphatic rings. The van der Waals surface area contributed by atoms with Crippen molar-refractivity contribution in [2.75, 3.05) is 46.1 Å². The highest BCUT2D eigenvalue weighted by atomic mass is 16.5. The van der Waals surface area contributed by atoms with Crippen LogP contribution in [0.5, 0.6) is 0 Å². The van der Waals surface area contributed by atoms with Crippen molar-refractivity contribution in [3.05, 3.63) is 35.5 Å². The third-order valence-electron chi connectivity index (χ3n) is 5.66. The molecular weight excluding hydrogens is 376 g/mol. The minimum Gasteiger partial charge on any atom is -0.398 e. The summed E-state index contributed by atoms with van der Waals surface area (Å²) in [7, 11) is 3.90. The summed E-state index contributed by atoms with van der Waals surface area (Å²) >= 11 is 0. The van der Waals surface area contributed by atoms with Crippen LogP contribution in [0, 0.1) is 18.3 Å². The Hall–Kier alpha value is -2.18. The van der Waals surface area contributed by atoms with Crippen molar-refractivity contribution < 1.29 is 9.53 Å². The van der Waals surface area contributed by atoms with Gasteiger partial charge in [-0.25, -0.2) is 0 Å². The first-order valence-electron chi connectivity index (χ1n) is 10.8. The van der Waals surface area contributed by atoms with Gasteiger partial charge in [0.15, 0.2) is 0 Å². The lowest BCUT2D eigenvalue weighted by Gasteiger charge is -2.30. The van der Waals surface area contributed by atoms with Gasteiger partial charge in [-0.3, -0.25) is 9.78 Å². The fourth-order valence-corrected chi connectivity index (χ4v) is 4.02. The largest absolute Gasteiger partial charge is 0.398 e. The number of anilines is 1. The van der Waals surface area contributed by atoms with E-state index in [1.807, 2.05) is 25.1 Å². The van der Waals surface area contributed by atoms with Gasteiger partial charge in [0.2, 0.25) is 0 Å². The lowest BCUT2D eigenvalue weighted by atomic mass is 9.93. The summed E-state index contributed by atoms with van der Waals surface area (Å²) in [5.74, 6) is 0.339. The van der Waals surface area contributed by atoms with Crippen LogP contribution in [-0.4, -0.2) is 56.2 Å². The molecule has 1 aromatic carbocycles. The standard InChI is InChI=1S/C24H38N4O2/c1-7-18(10-12-28(5)15-24(3,4)16-30-6)14-27-23(29)20-13-17(2)21(25)19-9-8-11-26-22(19)20/h8-9,11,13,18H,7,10,12,14-16,25H2,1-6H3,(H,27,29). The number of benzene rings is 1. The van der Waals surface area contributed by atoms with E-state index in [0.29, 0.717) is 29.2 Å². The Balaban J connectivity index is 1.96. The van der Waals surface area contributed by atoms with Crippen molar-refractivity contribution in [3.63, 3.8) is 0 Å². The van der Waals surface area contributed by atoms with Crippen LogP contribution in [0.4, 0.5) is 5.69 Å². The van der Waals surface area contributed by atoms with E-state index in [0.717, 1.165) is 43.5 Å². The molecule has 166 valence electrons. The fraction of sp³-hybridized carbons (Fsp3) is 0.583. The zero-order valence-corrected chi connectivity index (χ0v) is 19.4. The summed E-state index contributed by atoms with van der Waals surface area (Å²) in [6.07, 6.45) is 3.76. The second-order valence-electron chi connectivity index (χ2n) is 9.16. The third-order valence-corrected chi connectivity index (χ3v) is 5.66. The number of nitrogens with zero attached hydrogens (tertiary/aromatic N) is 2. The Labute approximate surface area is 181 Å². The molecule has 2 aromatic rings. The molecule has 0 fully saturated rings. The highest BCUT2D eigenvalue weighted by molar-refractivity contribution is 6.09. The molecule has 0 saturated heterocycles. The number of pyridine rings is 1. The van der Waals surface area contributed by atoms with Crippen molar-refractivity contribution in [1.29, 1.82) is 0 Å². The second-order valence-corrected chi connectivity index (χ2v) is 9.16. The Morgan fingerprint density at radius 2 is 2.13 bits per heavy atom. The molecule has 0 radical (unpaired) electrons. The van der Waals surface area contributed by atoms with Crippen LogP contribution in [0.3, 0.4) is 0 Å². The number of fused-ring (bicyclic) bond motifs is 1. The van der Waals surface area contributed by atoms with E-state index in [-0.39, 0.29) is 11.3 Å². The number of nitrogen functional groups attached to an aromatic ring is 1. The molecule has 0 aliphatic heterocycles. The first kappa shape index (κ1) is 24.1. The molecular formula is C24H38N4O2. The second kappa shape index (κ2) is 10.7. The van der Waals surface area contributed by atoms with Crippen LogP contribution >= 0.6 is 0 Å². The fourth-order valence-electron chi connectivity index (χ4n) is 4.02. The first-order chi connectivity index (χ1) is 14.2. The zero-order valence-electron chi connectivity index (χ0n) is 19.4. The maximum absolute atomic E-state index is 12.9. The maximum atomic E-state index is 12.9. The van der Waals surface area contributed by atoms with E-state index >= 15 is 0 Å². The van der Waals surface area contributed by atoms with E-state index in [1.54, 1.807) is 13.3 Å². The van der Waals surface area contributed by atoms with Gasteiger partial charge in [0.05, 0.1) is 17.7 Å². The van der Waals surface area contributed by atoms with Gasteiger partial charge in [0, 0.05) is 42.9 Å². The Morgan fingerprint density at radius 3 is 2.80 bits per heavy atom. The molecule has 1 aromatic heterocycles. The number of nitrogens with two attached hydrogens (primary N) is 1. The monoisotopic (exact) mass is 414 g/mol. The number of amides is 1. The molecule has 3 N–H and O–H groups in total. The number of hydrogen-bond acceptors (Lipinski definition) is 5. The van der Waals surface area contributed by atoms with Crippen LogP contribution in [0.15, 0.2) is 24.4 Å². The average Bonchev–Trinajstić information content (AvgIpc) is 2.70. The number of nitrogens with one attached hydrogen (secondary N) is 1. The molecule has 0 saturated carbocycles. The number of carbonyl (C=O) groups is 1. The van der Waals surface area contributed by atoms with Crippen LogP contribution in [-0.2, 0) is 4.74 Å². The molecule has 0 spiro atoms. The average molecular weight is 415 g/mol. The van der Waals surface area contributed by atoms with E-state index in [9.17, 15) is 4.79 Å². The lowest BCUT2D eigenvalue weighted by molar-refractivity contribution is 0.0756. The molecule has 1 heterocycles. The number of methoxy groups -OCH3 is 1. The first-order valence-corrected chi connectivity index (χ1v) is 10.8. The van der Waals surface area contributed by atoms with Crippen LogP contribution < -0.4 is 11.1 Å². The van der Waals surface area contributed by atoms with Gasteiger partial charge in [0.1, 0.15) is 0 Å². The van der Waals surface area contributed by atoms with Gasteiger partial charge >= 0.3 is 0 Å². The predicted octanol–water partition coefficient (Wildman–Crippen LogP) is 3.88. The highest BCUT2D eigenvalue weighted by Crippen LogP contribution is 2.26. The highest BCUT2D eigenvalue weighted by Gasteiger charge is 2.21. The minimum atomic E-state index is -0.0881. The molecule has 30 heavy (non-hydrogen) atoms. The van der Waals surface area contributed by atoms with E-state index in [4.69, 9.17) is 10.5 Å². The van der Waals surface area contributed by atoms with Gasteiger partial charge in [-0.1, -0.05) is 27.2 Å². The number of aryl methyl sites for hydroxylation is 1. The minimum absolute atomic E-state index is 0.0881. The number of ether oxygens (including phenoxy) is 1. The molecule has 6 heteroatoms. The van der Waals surface area contributed by atoms with E-state index in [1.165, 1.54) is 0 Å². The van der Waals surface area contributed by atoms with Gasteiger partial charge in [-0.2, -0.15) is 0 Å². The predicted molar refractivity (Wildman–Crippen MR) is 125 cm³/mol. The quantitative estimate of drug-likeness (QED) is 0.546. The van der Waals surface area contributed by atoms with Gasteiger partial charge in [0.25, 0.3) is 5.91 Å². The maximum Gasteiger partial charge on any atom is 0.253 e. The Kier molecular flexibility index (Phi) is 8.62. The Morgan fingerprint density at radius 1 is 1.40 bits per heavy atom. The van der Waals surface area contributed by atoms with Crippen LogP contribution in [0.25, 0.3) is 10.9 Å². The summed E-state index contributed by atoms with van der Waals surface area (Å²) in [5.41, 5.74) is 9.13. The third kappa shape index (κ3) is 6.41. The van der Waals surface area contributed by atoms with Gasteiger partial charge < -0.3 is 20.7 Å². The SMILES string of the molecule is CCC(CCN(C)CC(C)(C)COC)CNC(=O)c1cc(C)c(N)c2cccnc12. The lowest BCUT2D eigenvalue weighted by Crippen LogP contribution is -2.36. The molecule has 6 nitrogen and oxygen atoms in total. The summed E-state index contributed by atoms with van der Waals surface area (Å²) < 4.78 is 5.32. The normalized spacial score (nSPS) is 13.0.